The topological polar surface area (TPSA) is 32.7 Å². The third kappa shape index (κ3) is 2.85. The first kappa shape index (κ1) is 13.4. The molecule has 0 radical (unpaired) electrons. The third-order valence-electron chi connectivity index (χ3n) is 3.92. The van der Waals surface area contributed by atoms with Crippen molar-refractivity contribution < 1.29 is 9.84 Å². The molecule has 1 aromatic carbocycles. The summed E-state index contributed by atoms with van der Waals surface area (Å²) < 4.78 is 5.46. The second kappa shape index (κ2) is 5.72. The molecule has 2 atom stereocenters. The maximum Gasteiger partial charge on any atom is 0.120 e. The molecule has 1 saturated heterocycles. The first-order valence-corrected chi connectivity index (χ1v) is 6.68. The number of aryl methyl sites for hydroxylation is 1. The van der Waals surface area contributed by atoms with Crippen LogP contribution in [0, 0.1) is 6.92 Å². The number of nitrogens with zero attached hydrogens (tertiary/aromatic N) is 1. The molecule has 3 heteroatoms. The highest BCUT2D eigenvalue weighted by Crippen LogP contribution is 2.31. The van der Waals surface area contributed by atoms with Crippen LogP contribution in [0.4, 0.5) is 0 Å². The predicted octanol–water partition coefficient (Wildman–Crippen LogP) is 2.87. The molecular weight excluding hydrogens is 226 g/mol. The number of benzene rings is 1. The Labute approximate surface area is 109 Å². The van der Waals surface area contributed by atoms with Gasteiger partial charge < -0.3 is 9.84 Å². The van der Waals surface area contributed by atoms with Gasteiger partial charge in [0.15, 0.2) is 0 Å². The van der Waals surface area contributed by atoms with E-state index in [1.54, 1.807) is 13.2 Å². The number of ether oxygens (including phenoxy) is 1. The van der Waals surface area contributed by atoms with Crippen molar-refractivity contribution >= 4 is 0 Å². The molecule has 0 aromatic heterocycles. The number of aromatic hydroxyl groups is 1. The predicted molar refractivity (Wildman–Crippen MR) is 72.9 cm³/mol. The fraction of sp³-hybridized carbons (Fsp3) is 0.600. The van der Waals surface area contributed by atoms with E-state index in [0.29, 0.717) is 11.9 Å². The molecule has 2 rings (SSSR count). The summed E-state index contributed by atoms with van der Waals surface area (Å²) in [6.45, 7) is 6.25. The Hall–Kier alpha value is -1.06. The summed E-state index contributed by atoms with van der Waals surface area (Å²) >= 11 is 0. The molecular formula is C15H23NO2. The Morgan fingerprint density at radius 3 is 2.94 bits per heavy atom. The summed E-state index contributed by atoms with van der Waals surface area (Å²) in [6.07, 6.45) is 2.63. The third-order valence-corrected chi connectivity index (χ3v) is 3.92. The first-order valence-electron chi connectivity index (χ1n) is 6.68. The van der Waals surface area contributed by atoms with E-state index in [2.05, 4.69) is 24.8 Å². The molecule has 3 nitrogen and oxygen atoms in total. The number of hydrogen-bond donors (Lipinski definition) is 1. The van der Waals surface area contributed by atoms with Gasteiger partial charge in [0.25, 0.3) is 0 Å². The van der Waals surface area contributed by atoms with Crippen molar-refractivity contribution in [3.8, 4) is 5.75 Å². The molecule has 1 fully saturated rings. The number of rotatable bonds is 3. The molecule has 0 spiro atoms. The summed E-state index contributed by atoms with van der Waals surface area (Å²) in [5.74, 6) is 0.396. The highest BCUT2D eigenvalue weighted by Gasteiger charge is 2.25. The number of phenolic OH excluding ortho intramolecular Hbond substituents is 1. The van der Waals surface area contributed by atoms with Crippen LogP contribution in [0.2, 0.25) is 0 Å². The van der Waals surface area contributed by atoms with Crippen LogP contribution in [0.5, 0.6) is 5.75 Å². The van der Waals surface area contributed by atoms with Gasteiger partial charge in [-0.2, -0.15) is 0 Å². The number of methoxy groups -OCH3 is 1. The average molecular weight is 249 g/mol. The fourth-order valence-electron chi connectivity index (χ4n) is 2.72. The summed E-state index contributed by atoms with van der Waals surface area (Å²) in [6, 6.07) is 6.05. The molecule has 0 aliphatic carbocycles. The zero-order chi connectivity index (χ0) is 13.1. The number of likely N-dealkylation sites (tertiary alicyclic amines) is 1. The van der Waals surface area contributed by atoms with Crippen LogP contribution in [-0.4, -0.2) is 36.3 Å². The summed E-state index contributed by atoms with van der Waals surface area (Å²) in [5.41, 5.74) is 2.21. The molecule has 1 N–H and O–H groups in total. The molecule has 2 unspecified atom stereocenters. The van der Waals surface area contributed by atoms with E-state index < -0.39 is 0 Å². The Morgan fingerprint density at radius 1 is 1.44 bits per heavy atom. The normalized spacial score (nSPS) is 22.9. The lowest BCUT2D eigenvalue weighted by atomic mass is 9.99. The van der Waals surface area contributed by atoms with E-state index in [1.807, 2.05) is 6.07 Å². The maximum atomic E-state index is 10.0. The molecule has 18 heavy (non-hydrogen) atoms. The molecule has 1 heterocycles. The highest BCUT2D eigenvalue weighted by atomic mass is 16.5. The van der Waals surface area contributed by atoms with Crippen LogP contribution < -0.4 is 0 Å². The van der Waals surface area contributed by atoms with E-state index in [9.17, 15) is 5.11 Å². The Bertz CT molecular complexity index is 405. The SMILES string of the molecule is COC1CCCN(C(C)c2cc(C)ccc2O)C1. The lowest BCUT2D eigenvalue weighted by Crippen LogP contribution is -2.40. The van der Waals surface area contributed by atoms with Crippen LogP contribution in [0.25, 0.3) is 0 Å². The molecule has 0 saturated carbocycles. The van der Waals surface area contributed by atoms with Gasteiger partial charge in [0.2, 0.25) is 0 Å². The Morgan fingerprint density at radius 2 is 2.22 bits per heavy atom. The standard InChI is InChI=1S/C15H23NO2/c1-11-6-7-15(17)14(9-11)12(2)16-8-4-5-13(10-16)18-3/h6-7,9,12-13,17H,4-5,8,10H2,1-3H3. The summed E-state index contributed by atoms with van der Waals surface area (Å²) in [5, 5.41) is 10.0. The highest BCUT2D eigenvalue weighted by molar-refractivity contribution is 5.37. The second-order valence-corrected chi connectivity index (χ2v) is 5.23. The van der Waals surface area contributed by atoms with E-state index in [1.165, 1.54) is 5.56 Å². The lowest BCUT2D eigenvalue weighted by Gasteiger charge is -2.36. The molecule has 1 aliphatic heterocycles. The van der Waals surface area contributed by atoms with E-state index in [4.69, 9.17) is 4.74 Å². The Balaban J connectivity index is 2.14. The summed E-state index contributed by atoms with van der Waals surface area (Å²) in [7, 11) is 1.78. The van der Waals surface area contributed by atoms with Crippen LogP contribution in [0.3, 0.4) is 0 Å². The van der Waals surface area contributed by atoms with Gasteiger partial charge in [-0.1, -0.05) is 17.7 Å². The van der Waals surface area contributed by atoms with Crippen LogP contribution >= 0.6 is 0 Å². The minimum absolute atomic E-state index is 0.239. The summed E-state index contributed by atoms with van der Waals surface area (Å²) in [4.78, 5) is 2.40. The maximum absolute atomic E-state index is 10.0. The van der Waals surface area contributed by atoms with E-state index >= 15 is 0 Å². The monoisotopic (exact) mass is 249 g/mol. The zero-order valence-electron chi connectivity index (χ0n) is 11.5. The number of hydrogen-bond acceptors (Lipinski definition) is 3. The molecule has 100 valence electrons. The van der Waals surface area contributed by atoms with Gasteiger partial charge in [0.05, 0.1) is 6.10 Å². The largest absolute Gasteiger partial charge is 0.508 e. The van der Waals surface area contributed by atoms with Crippen molar-refractivity contribution in [3.05, 3.63) is 29.3 Å². The van der Waals surface area contributed by atoms with Gasteiger partial charge in [-0.25, -0.2) is 0 Å². The van der Waals surface area contributed by atoms with Gasteiger partial charge in [-0.15, -0.1) is 0 Å². The number of piperidine rings is 1. The molecule has 1 aliphatic rings. The minimum Gasteiger partial charge on any atom is -0.508 e. The fourth-order valence-corrected chi connectivity index (χ4v) is 2.72. The zero-order valence-corrected chi connectivity index (χ0v) is 11.5. The van der Waals surface area contributed by atoms with Crippen molar-refractivity contribution in [2.75, 3.05) is 20.2 Å². The quantitative estimate of drug-likeness (QED) is 0.894. The van der Waals surface area contributed by atoms with Gasteiger partial charge in [-0.3, -0.25) is 4.90 Å². The van der Waals surface area contributed by atoms with Crippen molar-refractivity contribution in [1.29, 1.82) is 0 Å². The van der Waals surface area contributed by atoms with Gasteiger partial charge >= 0.3 is 0 Å². The first-order chi connectivity index (χ1) is 8.61. The van der Waals surface area contributed by atoms with E-state index in [-0.39, 0.29) is 6.04 Å². The smallest absolute Gasteiger partial charge is 0.120 e. The van der Waals surface area contributed by atoms with Crippen LogP contribution in [0.1, 0.15) is 36.9 Å². The van der Waals surface area contributed by atoms with Gasteiger partial charge in [-0.05, 0) is 39.3 Å². The van der Waals surface area contributed by atoms with Gasteiger partial charge in [0.1, 0.15) is 5.75 Å². The molecule has 1 aromatic rings. The minimum atomic E-state index is 0.239. The van der Waals surface area contributed by atoms with Crippen molar-refractivity contribution in [2.45, 2.75) is 38.8 Å². The second-order valence-electron chi connectivity index (χ2n) is 5.23. The Kier molecular flexibility index (Phi) is 4.25. The van der Waals surface area contributed by atoms with E-state index in [0.717, 1.165) is 31.5 Å². The van der Waals surface area contributed by atoms with Crippen LogP contribution in [0.15, 0.2) is 18.2 Å². The van der Waals surface area contributed by atoms with Crippen molar-refractivity contribution in [1.82, 2.24) is 4.90 Å². The van der Waals surface area contributed by atoms with Crippen molar-refractivity contribution in [2.24, 2.45) is 0 Å². The molecule has 0 amide bonds. The van der Waals surface area contributed by atoms with Crippen molar-refractivity contribution in [3.63, 3.8) is 0 Å². The van der Waals surface area contributed by atoms with Crippen LogP contribution in [-0.2, 0) is 4.74 Å². The average Bonchev–Trinajstić information content (AvgIpc) is 2.41. The number of phenols is 1. The lowest BCUT2D eigenvalue weighted by molar-refractivity contribution is 0.0167. The molecule has 0 bridgehead atoms. The van der Waals surface area contributed by atoms with Gasteiger partial charge in [0, 0.05) is 25.3 Å².